The van der Waals surface area contributed by atoms with E-state index in [2.05, 4.69) is 32.7 Å². The van der Waals surface area contributed by atoms with Crippen molar-refractivity contribution in [1.82, 2.24) is 4.90 Å². The van der Waals surface area contributed by atoms with Gasteiger partial charge in [-0.05, 0) is 54.0 Å². The summed E-state index contributed by atoms with van der Waals surface area (Å²) in [5.74, 6) is 0. The fourth-order valence-corrected chi connectivity index (χ4v) is 2.21. The van der Waals surface area contributed by atoms with Crippen molar-refractivity contribution in [3.05, 3.63) is 0 Å². The first-order valence-corrected chi connectivity index (χ1v) is 5.20. The molecule has 78 valence electrons. The van der Waals surface area contributed by atoms with Crippen molar-refractivity contribution in [2.45, 2.75) is 64.1 Å². The smallest absolute Gasteiger partial charge is 0.0774 e. The Hall–Kier alpha value is -0.0800. The fraction of sp³-hybridized carbons (Fsp3) is 1.00. The highest BCUT2D eigenvalue weighted by atomic mass is 16.3. The highest BCUT2D eigenvalue weighted by Crippen LogP contribution is 2.35. The van der Waals surface area contributed by atoms with Crippen molar-refractivity contribution in [2.24, 2.45) is 0 Å². The van der Waals surface area contributed by atoms with Gasteiger partial charge in [-0.3, -0.25) is 4.90 Å². The summed E-state index contributed by atoms with van der Waals surface area (Å²) in [7, 11) is 2.12. The maximum atomic E-state index is 10.1. The lowest BCUT2D eigenvalue weighted by atomic mass is 9.95. The van der Waals surface area contributed by atoms with Crippen LogP contribution in [0, 0.1) is 0 Å². The third-order valence-electron chi connectivity index (χ3n) is 3.40. The molecule has 0 aromatic carbocycles. The van der Waals surface area contributed by atoms with Gasteiger partial charge >= 0.3 is 0 Å². The predicted molar refractivity (Wildman–Crippen MR) is 55.8 cm³/mol. The summed E-state index contributed by atoms with van der Waals surface area (Å²) >= 11 is 0. The molecule has 0 aromatic rings. The van der Waals surface area contributed by atoms with Crippen LogP contribution < -0.4 is 0 Å². The summed E-state index contributed by atoms with van der Waals surface area (Å²) in [6, 6.07) is 0.326. The molecule has 0 heterocycles. The molecule has 1 saturated carbocycles. The van der Waals surface area contributed by atoms with Gasteiger partial charge in [0.15, 0.2) is 0 Å². The molecule has 1 aliphatic rings. The van der Waals surface area contributed by atoms with Crippen molar-refractivity contribution < 1.29 is 5.11 Å². The summed E-state index contributed by atoms with van der Waals surface area (Å²) in [6.45, 7) is 8.55. The van der Waals surface area contributed by atoms with Crippen molar-refractivity contribution in [2.75, 3.05) is 7.05 Å². The zero-order chi connectivity index (χ0) is 10.3. The molecular formula is C11H23NO. The molecule has 2 unspecified atom stereocenters. The molecule has 0 spiro atoms. The minimum atomic E-state index is -0.484. The van der Waals surface area contributed by atoms with Crippen LogP contribution >= 0.6 is 0 Å². The lowest BCUT2D eigenvalue weighted by molar-refractivity contribution is -0.0330. The van der Waals surface area contributed by atoms with Gasteiger partial charge < -0.3 is 5.11 Å². The second-order valence-corrected chi connectivity index (χ2v) is 5.55. The second kappa shape index (κ2) is 3.25. The Balaban J connectivity index is 2.72. The van der Waals surface area contributed by atoms with Gasteiger partial charge in [0.05, 0.1) is 5.60 Å². The molecule has 0 aliphatic heterocycles. The Morgan fingerprint density at radius 1 is 1.38 bits per heavy atom. The van der Waals surface area contributed by atoms with E-state index in [-0.39, 0.29) is 5.54 Å². The summed E-state index contributed by atoms with van der Waals surface area (Å²) < 4.78 is 0. The topological polar surface area (TPSA) is 23.5 Å². The van der Waals surface area contributed by atoms with Crippen LogP contribution in [0.5, 0.6) is 0 Å². The van der Waals surface area contributed by atoms with Crippen molar-refractivity contribution in [3.8, 4) is 0 Å². The quantitative estimate of drug-likeness (QED) is 0.675. The highest BCUT2D eigenvalue weighted by molar-refractivity contribution is 4.97. The second-order valence-electron chi connectivity index (χ2n) is 5.55. The Labute approximate surface area is 81.9 Å². The van der Waals surface area contributed by atoms with Crippen LogP contribution in [0.1, 0.15) is 47.0 Å². The number of nitrogens with zero attached hydrogens (tertiary/aromatic N) is 1. The number of hydrogen-bond donors (Lipinski definition) is 1. The van der Waals surface area contributed by atoms with E-state index in [9.17, 15) is 5.11 Å². The standard InChI is InChI=1S/C11H23NO/c1-10(2,3)12(5)9-7-6-8-11(9,4)13/h9,13H,6-8H2,1-5H3. The maximum absolute atomic E-state index is 10.1. The van der Waals surface area contributed by atoms with E-state index in [0.717, 1.165) is 19.3 Å². The molecule has 1 rings (SSSR count). The zero-order valence-corrected chi connectivity index (χ0v) is 9.59. The Morgan fingerprint density at radius 2 is 1.92 bits per heavy atom. The summed E-state index contributed by atoms with van der Waals surface area (Å²) in [5, 5.41) is 10.1. The molecule has 1 N–H and O–H groups in total. The SMILES string of the molecule is CN(C1CCCC1(C)O)C(C)(C)C. The third kappa shape index (κ3) is 2.23. The van der Waals surface area contributed by atoms with E-state index < -0.39 is 5.60 Å². The summed E-state index contributed by atoms with van der Waals surface area (Å²) in [4.78, 5) is 2.31. The van der Waals surface area contributed by atoms with Crippen LogP contribution in [-0.2, 0) is 0 Å². The van der Waals surface area contributed by atoms with Crippen molar-refractivity contribution in [3.63, 3.8) is 0 Å². The number of hydrogen-bond acceptors (Lipinski definition) is 2. The first kappa shape index (κ1) is 11.0. The molecule has 0 bridgehead atoms. The van der Waals surface area contributed by atoms with Gasteiger partial charge in [0.25, 0.3) is 0 Å². The van der Waals surface area contributed by atoms with Crippen LogP contribution in [0.25, 0.3) is 0 Å². The molecule has 2 nitrogen and oxygen atoms in total. The van der Waals surface area contributed by atoms with Crippen LogP contribution in [0.4, 0.5) is 0 Å². The van der Waals surface area contributed by atoms with E-state index >= 15 is 0 Å². The largest absolute Gasteiger partial charge is 0.389 e. The van der Waals surface area contributed by atoms with Gasteiger partial charge in [-0.2, -0.15) is 0 Å². The number of aliphatic hydroxyl groups is 1. The molecule has 0 aromatic heterocycles. The monoisotopic (exact) mass is 185 g/mol. The summed E-state index contributed by atoms with van der Waals surface area (Å²) in [5.41, 5.74) is -0.332. The third-order valence-corrected chi connectivity index (χ3v) is 3.40. The van der Waals surface area contributed by atoms with Gasteiger partial charge in [0.1, 0.15) is 0 Å². The number of rotatable bonds is 1. The normalized spacial score (nSPS) is 35.8. The molecule has 0 amide bonds. The van der Waals surface area contributed by atoms with E-state index in [0.29, 0.717) is 6.04 Å². The van der Waals surface area contributed by atoms with Crippen molar-refractivity contribution >= 4 is 0 Å². The molecule has 2 atom stereocenters. The predicted octanol–water partition coefficient (Wildman–Crippen LogP) is 2.02. The summed E-state index contributed by atoms with van der Waals surface area (Å²) in [6.07, 6.45) is 3.22. The average Bonchev–Trinajstić information content (AvgIpc) is 2.26. The van der Waals surface area contributed by atoms with Crippen LogP contribution in [0.2, 0.25) is 0 Å². The van der Waals surface area contributed by atoms with Gasteiger partial charge in [-0.1, -0.05) is 0 Å². The molecular weight excluding hydrogens is 162 g/mol. The fourth-order valence-electron chi connectivity index (χ4n) is 2.21. The number of likely N-dealkylation sites (N-methyl/N-ethyl adjacent to an activating group) is 1. The molecule has 0 radical (unpaired) electrons. The molecule has 2 heteroatoms. The van der Waals surface area contributed by atoms with E-state index in [1.165, 1.54) is 0 Å². The minimum Gasteiger partial charge on any atom is -0.389 e. The van der Waals surface area contributed by atoms with Gasteiger partial charge in [0, 0.05) is 11.6 Å². The lowest BCUT2D eigenvalue weighted by Crippen LogP contribution is -2.53. The van der Waals surface area contributed by atoms with Gasteiger partial charge in [-0.15, -0.1) is 0 Å². The first-order chi connectivity index (χ1) is 5.75. The van der Waals surface area contributed by atoms with Gasteiger partial charge in [-0.25, -0.2) is 0 Å². The Morgan fingerprint density at radius 3 is 2.23 bits per heavy atom. The van der Waals surface area contributed by atoms with Gasteiger partial charge in [0.2, 0.25) is 0 Å². The molecule has 1 fully saturated rings. The first-order valence-electron chi connectivity index (χ1n) is 5.20. The van der Waals surface area contributed by atoms with E-state index in [1.807, 2.05) is 6.92 Å². The Kier molecular flexibility index (Phi) is 2.75. The molecule has 0 saturated heterocycles. The average molecular weight is 185 g/mol. The molecule has 1 aliphatic carbocycles. The van der Waals surface area contributed by atoms with Crippen LogP contribution in [0.3, 0.4) is 0 Å². The van der Waals surface area contributed by atoms with Crippen LogP contribution in [0.15, 0.2) is 0 Å². The van der Waals surface area contributed by atoms with Crippen LogP contribution in [-0.4, -0.2) is 34.2 Å². The maximum Gasteiger partial charge on any atom is 0.0774 e. The van der Waals surface area contributed by atoms with Crippen molar-refractivity contribution in [1.29, 1.82) is 0 Å². The molecule has 13 heavy (non-hydrogen) atoms. The lowest BCUT2D eigenvalue weighted by Gasteiger charge is -2.42. The van der Waals surface area contributed by atoms with E-state index in [4.69, 9.17) is 0 Å². The highest BCUT2D eigenvalue weighted by Gasteiger charge is 2.41. The van der Waals surface area contributed by atoms with E-state index in [1.54, 1.807) is 0 Å². The zero-order valence-electron chi connectivity index (χ0n) is 9.59. The Bertz CT molecular complexity index is 181. The minimum absolute atomic E-state index is 0.152.